The number of amides is 2. The molecule has 2 amide bonds. The molecule has 9 heteroatoms. The van der Waals surface area contributed by atoms with Gasteiger partial charge in [-0.25, -0.2) is 13.8 Å². The van der Waals surface area contributed by atoms with E-state index >= 15 is 0 Å². The Kier molecular flexibility index (Phi) is 5.71. The van der Waals surface area contributed by atoms with Crippen LogP contribution in [-0.2, 0) is 11.3 Å². The molecule has 138 valence electrons. The monoisotopic (exact) mass is 362 g/mol. The molecule has 0 atom stereocenters. The lowest BCUT2D eigenvalue weighted by Gasteiger charge is -2.19. The first-order valence-corrected chi connectivity index (χ1v) is 8.00. The summed E-state index contributed by atoms with van der Waals surface area (Å²) in [5, 5.41) is 0. The molecule has 0 aliphatic rings. The van der Waals surface area contributed by atoms with Gasteiger partial charge in [0.2, 0.25) is 5.91 Å². The average Bonchev–Trinajstić information content (AvgIpc) is 2.60. The number of nitrogens with zero attached hydrogens (tertiary/aromatic N) is 3. The second-order valence-electron chi connectivity index (χ2n) is 5.50. The van der Waals surface area contributed by atoms with Gasteiger partial charge in [0.1, 0.15) is 17.9 Å². The van der Waals surface area contributed by atoms with Gasteiger partial charge in [-0.05, 0) is 38.1 Å². The van der Waals surface area contributed by atoms with Crippen molar-refractivity contribution in [1.29, 1.82) is 0 Å². The second kappa shape index (κ2) is 7.77. The highest BCUT2D eigenvalue weighted by atomic mass is 19.1. The normalized spacial score (nSPS) is 10.6. The number of hydrogen-bond acceptors (Lipinski definition) is 4. The van der Waals surface area contributed by atoms with Crippen LogP contribution in [0.15, 0.2) is 40.1 Å². The summed E-state index contributed by atoms with van der Waals surface area (Å²) in [7, 11) is 0. The van der Waals surface area contributed by atoms with Crippen LogP contribution in [0.4, 0.5) is 4.39 Å². The minimum absolute atomic E-state index is 0.0635. The predicted molar refractivity (Wildman–Crippen MR) is 92.7 cm³/mol. The SMILES string of the molecule is CCN(CC)C(=O)Cn1cc(C(N)=O)c(=O)n(-c2ccc(F)cc2)c1=O. The number of nitrogens with two attached hydrogens (primary N) is 1. The topological polar surface area (TPSA) is 107 Å². The molecule has 0 spiro atoms. The third-order valence-electron chi connectivity index (χ3n) is 3.93. The Labute approximate surface area is 148 Å². The molecule has 2 aromatic rings. The molecule has 0 radical (unpaired) electrons. The highest BCUT2D eigenvalue weighted by Gasteiger charge is 2.19. The van der Waals surface area contributed by atoms with E-state index in [-0.39, 0.29) is 18.1 Å². The molecule has 0 saturated heterocycles. The zero-order valence-corrected chi connectivity index (χ0v) is 14.4. The second-order valence-corrected chi connectivity index (χ2v) is 5.50. The highest BCUT2D eigenvalue weighted by molar-refractivity contribution is 5.92. The number of carbonyl (C=O) groups is 2. The fourth-order valence-corrected chi connectivity index (χ4v) is 2.52. The van der Waals surface area contributed by atoms with Gasteiger partial charge in [-0.2, -0.15) is 0 Å². The van der Waals surface area contributed by atoms with Crippen molar-refractivity contribution >= 4 is 11.8 Å². The van der Waals surface area contributed by atoms with Crippen molar-refractivity contribution in [2.24, 2.45) is 5.73 Å². The van der Waals surface area contributed by atoms with Crippen LogP contribution in [0.5, 0.6) is 0 Å². The Hall–Kier alpha value is -3.23. The molecule has 8 nitrogen and oxygen atoms in total. The molecular weight excluding hydrogens is 343 g/mol. The van der Waals surface area contributed by atoms with Crippen LogP contribution in [0.2, 0.25) is 0 Å². The molecule has 0 bridgehead atoms. The van der Waals surface area contributed by atoms with E-state index in [1.54, 1.807) is 13.8 Å². The van der Waals surface area contributed by atoms with E-state index in [4.69, 9.17) is 5.73 Å². The first-order valence-electron chi connectivity index (χ1n) is 8.00. The van der Waals surface area contributed by atoms with Gasteiger partial charge >= 0.3 is 5.69 Å². The fraction of sp³-hybridized carbons (Fsp3) is 0.294. The number of halogens is 1. The van der Waals surface area contributed by atoms with Crippen molar-refractivity contribution in [1.82, 2.24) is 14.0 Å². The van der Waals surface area contributed by atoms with Gasteiger partial charge in [0.25, 0.3) is 11.5 Å². The van der Waals surface area contributed by atoms with Crippen LogP contribution in [-0.4, -0.2) is 38.9 Å². The smallest absolute Gasteiger partial charge is 0.336 e. The van der Waals surface area contributed by atoms with Gasteiger partial charge in [-0.1, -0.05) is 0 Å². The average molecular weight is 362 g/mol. The maximum atomic E-state index is 13.1. The summed E-state index contributed by atoms with van der Waals surface area (Å²) in [6.07, 6.45) is 0.981. The Morgan fingerprint density at radius 2 is 1.69 bits per heavy atom. The van der Waals surface area contributed by atoms with E-state index in [1.165, 1.54) is 17.0 Å². The van der Waals surface area contributed by atoms with Crippen LogP contribution < -0.4 is 17.0 Å². The van der Waals surface area contributed by atoms with Gasteiger partial charge in [-0.15, -0.1) is 0 Å². The highest BCUT2D eigenvalue weighted by Crippen LogP contribution is 2.05. The van der Waals surface area contributed by atoms with Crippen LogP contribution in [0.25, 0.3) is 5.69 Å². The summed E-state index contributed by atoms with van der Waals surface area (Å²) in [6, 6.07) is 4.59. The summed E-state index contributed by atoms with van der Waals surface area (Å²) in [5.74, 6) is -1.93. The lowest BCUT2D eigenvalue weighted by Crippen LogP contribution is -2.45. The third kappa shape index (κ3) is 3.71. The molecule has 1 aromatic carbocycles. The van der Waals surface area contributed by atoms with Crippen LogP contribution >= 0.6 is 0 Å². The Morgan fingerprint density at radius 3 is 2.19 bits per heavy atom. The van der Waals surface area contributed by atoms with Crippen molar-refractivity contribution in [2.45, 2.75) is 20.4 Å². The largest absolute Gasteiger partial charge is 0.365 e. The van der Waals surface area contributed by atoms with Crippen molar-refractivity contribution in [2.75, 3.05) is 13.1 Å². The van der Waals surface area contributed by atoms with Crippen molar-refractivity contribution in [3.05, 3.63) is 62.7 Å². The first-order chi connectivity index (χ1) is 12.3. The van der Waals surface area contributed by atoms with Crippen molar-refractivity contribution in [3.8, 4) is 5.69 Å². The van der Waals surface area contributed by atoms with E-state index in [1.807, 2.05) is 0 Å². The summed E-state index contributed by atoms with van der Waals surface area (Å²) < 4.78 is 14.8. The molecule has 0 aliphatic heterocycles. The van der Waals surface area contributed by atoms with Gasteiger partial charge in [-0.3, -0.25) is 19.0 Å². The summed E-state index contributed by atoms with van der Waals surface area (Å²) in [4.78, 5) is 50.5. The lowest BCUT2D eigenvalue weighted by molar-refractivity contribution is -0.131. The number of carbonyl (C=O) groups excluding carboxylic acids is 2. The number of rotatable bonds is 6. The van der Waals surface area contributed by atoms with E-state index in [9.17, 15) is 23.6 Å². The number of primary amides is 1. The quantitative estimate of drug-likeness (QED) is 0.787. The number of aromatic nitrogens is 2. The zero-order chi connectivity index (χ0) is 19.4. The van der Waals surface area contributed by atoms with Gasteiger partial charge in [0.15, 0.2) is 0 Å². The molecule has 0 saturated carbocycles. The van der Waals surface area contributed by atoms with E-state index in [0.29, 0.717) is 17.7 Å². The molecule has 0 unspecified atom stereocenters. The molecule has 0 aliphatic carbocycles. The van der Waals surface area contributed by atoms with Crippen LogP contribution in [0, 0.1) is 5.82 Å². The molecular formula is C17H19FN4O4. The van der Waals surface area contributed by atoms with Gasteiger partial charge < -0.3 is 10.6 Å². The zero-order valence-electron chi connectivity index (χ0n) is 14.4. The Morgan fingerprint density at radius 1 is 1.12 bits per heavy atom. The third-order valence-corrected chi connectivity index (χ3v) is 3.93. The lowest BCUT2D eigenvalue weighted by atomic mass is 10.2. The number of hydrogen-bond donors (Lipinski definition) is 1. The molecule has 0 fully saturated rings. The number of benzene rings is 1. The fourth-order valence-electron chi connectivity index (χ4n) is 2.52. The molecule has 2 N–H and O–H groups in total. The molecule has 2 rings (SSSR count). The molecule has 1 heterocycles. The Balaban J connectivity index is 2.65. The van der Waals surface area contributed by atoms with Crippen molar-refractivity contribution < 1.29 is 14.0 Å². The number of likely N-dealkylation sites (N-methyl/N-ethyl adjacent to an activating group) is 1. The summed E-state index contributed by atoms with van der Waals surface area (Å²) in [5.41, 5.74) is 3.09. The van der Waals surface area contributed by atoms with E-state index in [2.05, 4.69) is 0 Å². The summed E-state index contributed by atoms with van der Waals surface area (Å²) >= 11 is 0. The van der Waals surface area contributed by atoms with Crippen LogP contribution in [0.1, 0.15) is 24.2 Å². The predicted octanol–water partition coefficient (Wildman–Crippen LogP) is 0.106. The summed E-state index contributed by atoms with van der Waals surface area (Å²) in [6.45, 7) is 4.12. The standard InChI is InChI=1S/C17H19FN4O4/c1-3-20(4-2)14(23)10-21-9-13(15(19)24)16(25)22(17(21)26)12-7-5-11(18)6-8-12/h5-9H,3-4,10H2,1-2H3,(H2,19,24). The minimum atomic E-state index is -1.03. The maximum absolute atomic E-state index is 13.1. The van der Waals surface area contributed by atoms with Crippen LogP contribution in [0.3, 0.4) is 0 Å². The van der Waals surface area contributed by atoms with E-state index < -0.39 is 28.5 Å². The van der Waals surface area contributed by atoms with E-state index in [0.717, 1.165) is 22.9 Å². The molecule has 1 aromatic heterocycles. The molecule has 26 heavy (non-hydrogen) atoms. The van der Waals surface area contributed by atoms with Gasteiger partial charge in [0.05, 0.1) is 5.69 Å². The Bertz CT molecular complexity index is 943. The first kappa shape index (κ1) is 19.1. The van der Waals surface area contributed by atoms with Crippen molar-refractivity contribution in [3.63, 3.8) is 0 Å². The minimum Gasteiger partial charge on any atom is -0.365 e. The maximum Gasteiger partial charge on any atom is 0.336 e. The van der Waals surface area contributed by atoms with Gasteiger partial charge in [0, 0.05) is 19.3 Å².